The van der Waals surface area contributed by atoms with Crippen LogP contribution in [0.2, 0.25) is 0 Å². The number of aromatic nitrogens is 4. The summed E-state index contributed by atoms with van der Waals surface area (Å²) in [4.78, 5) is 15.7. The fraction of sp³-hybridized carbons (Fsp3) is 0.500. The van der Waals surface area contributed by atoms with E-state index in [4.69, 9.17) is 0 Å². The third-order valence-electron chi connectivity index (χ3n) is 2.53. The van der Waals surface area contributed by atoms with Crippen molar-refractivity contribution in [1.82, 2.24) is 19.6 Å². The Morgan fingerprint density at radius 2 is 2.24 bits per heavy atom. The molecule has 2 aromatic heterocycles. The van der Waals surface area contributed by atoms with Gasteiger partial charge in [-0.2, -0.15) is 5.10 Å². The lowest BCUT2D eigenvalue weighted by Crippen LogP contribution is -2.16. The molecule has 2 rings (SSSR count). The van der Waals surface area contributed by atoms with E-state index < -0.39 is 6.10 Å². The largest absolute Gasteiger partial charge is 0.392 e. The Balaban J connectivity index is 2.41. The molecule has 0 aliphatic heterocycles. The summed E-state index contributed by atoms with van der Waals surface area (Å²) in [5, 5.41) is 16.5. The van der Waals surface area contributed by atoms with Crippen molar-refractivity contribution in [2.75, 3.05) is 0 Å². The predicted molar refractivity (Wildman–Crippen MR) is 65.3 cm³/mol. The number of fused-ring (bicyclic) bond motifs is 1. The quantitative estimate of drug-likeness (QED) is 0.618. The van der Waals surface area contributed by atoms with E-state index >= 15 is 0 Å². The smallest absolute Gasteiger partial charge is 0.349 e. The summed E-state index contributed by atoms with van der Waals surface area (Å²) in [5.41, 5.74) is 0.257. The number of aryl methyl sites for hydroxylation is 1. The molecule has 92 valence electrons. The summed E-state index contributed by atoms with van der Waals surface area (Å²) in [7, 11) is 0. The Morgan fingerprint density at radius 1 is 1.53 bits per heavy atom. The van der Waals surface area contributed by atoms with Gasteiger partial charge in [-0.15, -0.1) is 11.8 Å². The number of H-pyrrole nitrogens is 1. The molecule has 0 saturated carbocycles. The number of thioether (sulfide) groups is 1. The van der Waals surface area contributed by atoms with Gasteiger partial charge in [0.15, 0.2) is 5.65 Å². The van der Waals surface area contributed by atoms with Crippen molar-refractivity contribution in [3.05, 3.63) is 22.4 Å². The van der Waals surface area contributed by atoms with E-state index in [1.165, 1.54) is 16.2 Å². The van der Waals surface area contributed by atoms with Crippen LogP contribution in [0.5, 0.6) is 0 Å². The third kappa shape index (κ3) is 2.34. The van der Waals surface area contributed by atoms with Crippen LogP contribution in [0.4, 0.5) is 0 Å². The zero-order chi connectivity index (χ0) is 12.6. The molecule has 2 N–H and O–H groups in total. The molecular formula is C10H14N4O2S. The van der Waals surface area contributed by atoms with Gasteiger partial charge in [0.25, 0.3) is 0 Å². The summed E-state index contributed by atoms with van der Waals surface area (Å²) < 4.78 is 1.41. The van der Waals surface area contributed by atoms with Gasteiger partial charge in [0.05, 0.1) is 6.10 Å². The lowest BCUT2D eigenvalue weighted by molar-refractivity contribution is 0.196. The Labute approximate surface area is 102 Å². The molecule has 0 aromatic carbocycles. The van der Waals surface area contributed by atoms with E-state index in [0.29, 0.717) is 11.5 Å². The molecule has 17 heavy (non-hydrogen) atoms. The van der Waals surface area contributed by atoms with Gasteiger partial charge >= 0.3 is 5.69 Å². The van der Waals surface area contributed by atoms with Gasteiger partial charge in [-0.3, -0.25) is 0 Å². The standard InChI is InChI=1S/C10H14N4O2S/c1-5(15)6(2)17-9-4-8-12-13-10(16)14(8)7(3)11-9/h4-6,15H,1-3H3,(H,13,16). The number of hydrogen-bond acceptors (Lipinski definition) is 5. The Morgan fingerprint density at radius 3 is 2.88 bits per heavy atom. The van der Waals surface area contributed by atoms with Crippen molar-refractivity contribution >= 4 is 17.4 Å². The molecule has 0 aliphatic rings. The highest BCUT2D eigenvalue weighted by Crippen LogP contribution is 2.24. The van der Waals surface area contributed by atoms with Crippen molar-refractivity contribution in [1.29, 1.82) is 0 Å². The Kier molecular flexibility index (Phi) is 3.21. The molecule has 2 aromatic rings. The molecule has 0 fully saturated rings. The second-order valence-corrected chi connectivity index (χ2v) is 5.33. The number of nitrogens with zero attached hydrogens (tertiary/aromatic N) is 3. The van der Waals surface area contributed by atoms with Gasteiger partial charge in [0.2, 0.25) is 0 Å². The number of nitrogens with one attached hydrogen (secondary N) is 1. The van der Waals surface area contributed by atoms with Crippen LogP contribution < -0.4 is 5.69 Å². The zero-order valence-electron chi connectivity index (χ0n) is 9.84. The SMILES string of the molecule is Cc1nc(SC(C)C(C)O)cc2n[nH]c(=O)n12. The summed E-state index contributed by atoms with van der Waals surface area (Å²) >= 11 is 1.46. The summed E-state index contributed by atoms with van der Waals surface area (Å²) in [6.45, 7) is 5.41. The highest BCUT2D eigenvalue weighted by atomic mass is 32.2. The Hall–Kier alpha value is -1.34. The predicted octanol–water partition coefficient (Wildman–Crippen LogP) is 0.587. The maximum absolute atomic E-state index is 11.4. The van der Waals surface area contributed by atoms with Gasteiger partial charge < -0.3 is 5.11 Å². The van der Waals surface area contributed by atoms with Crippen LogP contribution in [0, 0.1) is 6.92 Å². The molecule has 2 unspecified atom stereocenters. The first-order valence-corrected chi connectivity index (χ1v) is 6.16. The van der Waals surface area contributed by atoms with Crippen molar-refractivity contribution < 1.29 is 5.11 Å². The van der Waals surface area contributed by atoms with Gasteiger partial charge in [-0.25, -0.2) is 19.3 Å². The van der Waals surface area contributed by atoms with E-state index in [1.807, 2.05) is 6.92 Å². The van der Waals surface area contributed by atoms with Gasteiger partial charge in [0.1, 0.15) is 10.9 Å². The first kappa shape index (κ1) is 12.1. The molecule has 0 saturated heterocycles. The first-order chi connectivity index (χ1) is 7.99. The summed E-state index contributed by atoms with van der Waals surface area (Å²) in [6, 6.07) is 1.73. The highest BCUT2D eigenvalue weighted by Gasteiger charge is 2.13. The van der Waals surface area contributed by atoms with E-state index in [2.05, 4.69) is 15.2 Å². The molecule has 0 aliphatic carbocycles. The summed E-state index contributed by atoms with van der Waals surface area (Å²) in [5.74, 6) is 0.585. The van der Waals surface area contributed by atoms with Crippen LogP contribution in [-0.4, -0.2) is 36.0 Å². The van der Waals surface area contributed by atoms with Crippen molar-refractivity contribution in [3.8, 4) is 0 Å². The molecule has 0 radical (unpaired) electrons. The number of aliphatic hydroxyl groups excluding tert-OH is 1. The van der Waals surface area contributed by atoms with E-state index in [1.54, 1.807) is 19.9 Å². The maximum atomic E-state index is 11.4. The van der Waals surface area contributed by atoms with Crippen LogP contribution in [0.15, 0.2) is 15.9 Å². The first-order valence-electron chi connectivity index (χ1n) is 5.28. The molecule has 6 nitrogen and oxygen atoms in total. The molecule has 0 bridgehead atoms. The fourth-order valence-electron chi connectivity index (χ4n) is 1.42. The van der Waals surface area contributed by atoms with Crippen molar-refractivity contribution in [2.45, 2.75) is 37.2 Å². The minimum absolute atomic E-state index is 0.0370. The number of rotatable bonds is 3. The van der Waals surface area contributed by atoms with Crippen LogP contribution in [0.25, 0.3) is 5.65 Å². The van der Waals surface area contributed by atoms with Crippen molar-refractivity contribution in [2.24, 2.45) is 0 Å². The molecule has 2 heterocycles. The van der Waals surface area contributed by atoms with Crippen LogP contribution in [0.1, 0.15) is 19.7 Å². The molecule has 7 heteroatoms. The maximum Gasteiger partial charge on any atom is 0.349 e. The zero-order valence-corrected chi connectivity index (χ0v) is 10.7. The van der Waals surface area contributed by atoms with Gasteiger partial charge in [-0.1, -0.05) is 6.92 Å². The van der Waals surface area contributed by atoms with Crippen LogP contribution in [0.3, 0.4) is 0 Å². The lowest BCUT2D eigenvalue weighted by atomic mass is 10.3. The highest BCUT2D eigenvalue weighted by molar-refractivity contribution is 7.99. The second-order valence-electron chi connectivity index (χ2n) is 3.93. The second kappa shape index (κ2) is 4.50. The van der Waals surface area contributed by atoms with Gasteiger partial charge in [-0.05, 0) is 13.8 Å². The normalized spacial score (nSPS) is 15.1. The van der Waals surface area contributed by atoms with E-state index in [0.717, 1.165) is 5.03 Å². The van der Waals surface area contributed by atoms with Crippen LogP contribution >= 0.6 is 11.8 Å². The minimum atomic E-state index is -0.417. The van der Waals surface area contributed by atoms with Gasteiger partial charge in [0, 0.05) is 11.3 Å². The molecule has 2 atom stereocenters. The average Bonchev–Trinajstić information content (AvgIpc) is 2.60. The monoisotopic (exact) mass is 254 g/mol. The average molecular weight is 254 g/mol. The van der Waals surface area contributed by atoms with E-state index in [9.17, 15) is 9.90 Å². The topological polar surface area (TPSA) is 83.3 Å². The fourth-order valence-corrected chi connectivity index (χ4v) is 2.36. The molecular weight excluding hydrogens is 240 g/mol. The Bertz CT molecular complexity index is 589. The number of hydrogen-bond donors (Lipinski definition) is 2. The van der Waals surface area contributed by atoms with Crippen LogP contribution in [-0.2, 0) is 0 Å². The lowest BCUT2D eigenvalue weighted by Gasteiger charge is -2.13. The number of aliphatic hydroxyl groups is 1. The number of aromatic amines is 1. The van der Waals surface area contributed by atoms with Crippen molar-refractivity contribution in [3.63, 3.8) is 0 Å². The minimum Gasteiger partial charge on any atom is -0.392 e. The molecule has 0 spiro atoms. The third-order valence-corrected chi connectivity index (χ3v) is 3.75. The molecule has 0 amide bonds. The van der Waals surface area contributed by atoms with E-state index in [-0.39, 0.29) is 10.9 Å². The summed E-state index contributed by atoms with van der Waals surface area (Å²) in [6.07, 6.45) is -0.417.